The zero-order valence-electron chi connectivity index (χ0n) is 16.1. The predicted molar refractivity (Wildman–Crippen MR) is 118 cm³/mol. The normalized spacial score (nSPS) is 16.3. The molecule has 3 heterocycles. The van der Waals surface area contributed by atoms with E-state index in [4.69, 9.17) is 0 Å². The molecule has 154 valence electrons. The molecule has 6 nitrogen and oxygen atoms in total. The van der Waals surface area contributed by atoms with Gasteiger partial charge in [-0.25, -0.2) is 8.42 Å². The number of amides is 1. The molecule has 1 saturated heterocycles. The third-order valence-corrected chi connectivity index (χ3v) is 9.49. The van der Waals surface area contributed by atoms with E-state index in [9.17, 15) is 13.2 Å². The van der Waals surface area contributed by atoms with Crippen LogP contribution in [-0.4, -0.2) is 49.7 Å². The number of piperazine rings is 1. The number of hydrogen-bond donors (Lipinski definition) is 1. The average Bonchev–Trinajstić information content (AvgIpc) is 3.35. The van der Waals surface area contributed by atoms with Gasteiger partial charge in [0.1, 0.15) is 4.21 Å². The number of fused-ring (bicyclic) bond motifs is 1. The van der Waals surface area contributed by atoms with E-state index in [0.29, 0.717) is 36.9 Å². The SMILES string of the molecule is CC(=O)NCc1ccc(S(=O)(=O)N2CCN(Cc3csc4ccccc34)CC2)s1. The Hall–Kier alpha value is -1.78. The van der Waals surface area contributed by atoms with Gasteiger partial charge in [-0.1, -0.05) is 18.2 Å². The number of nitrogens with one attached hydrogen (secondary N) is 1. The van der Waals surface area contributed by atoms with Crippen molar-refractivity contribution in [2.24, 2.45) is 0 Å². The quantitative estimate of drug-likeness (QED) is 0.628. The topological polar surface area (TPSA) is 69.7 Å². The number of carbonyl (C=O) groups excluding carboxylic acids is 1. The smallest absolute Gasteiger partial charge is 0.252 e. The Morgan fingerprint density at radius 2 is 1.86 bits per heavy atom. The largest absolute Gasteiger partial charge is 0.351 e. The van der Waals surface area contributed by atoms with Crippen LogP contribution in [0.3, 0.4) is 0 Å². The van der Waals surface area contributed by atoms with Gasteiger partial charge >= 0.3 is 0 Å². The van der Waals surface area contributed by atoms with Gasteiger partial charge in [0.15, 0.2) is 0 Å². The molecule has 0 saturated carbocycles. The van der Waals surface area contributed by atoms with Crippen LogP contribution < -0.4 is 5.32 Å². The van der Waals surface area contributed by atoms with Crippen molar-refractivity contribution in [3.05, 3.63) is 52.2 Å². The monoisotopic (exact) mass is 449 g/mol. The van der Waals surface area contributed by atoms with Gasteiger partial charge in [0.2, 0.25) is 5.91 Å². The summed E-state index contributed by atoms with van der Waals surface area (Å²) in [5.74, 6) is -0.127. The third kappa shape index (κ3) is 4.54. The van der Waals surface area contributed by atoms with Crippen molar-refractivity contribution in [3.63, 3.8) is 0 Å². The third-order valence-electron chi connectivity index (χ3n) is 5.03. The fourth-order valence-electron chi connectivity index (χ4n) is 3.45. The number of hydrogen-bond acceptors (Lipinski definition) is 6. The summed E-state index contributed by atoms with van der Waals surface area (Å²) in [7, 11) is -3.49. The Morgan fingerprint density at radius 3 is 2.62 bits per heavy atom. The first-order chi connectivity index (χ1) is 13.9. The van der Waals surface area contributed by atoms with Gasteiger partial charge < -0.3 is 5.32 Å². The number of thiophene rings is 2. The molecule has 1 aliphatic rings. The fraction of sp³-hybridized carbons (Fsp3) is 0.350. The van der Waals surface area contributed by atoms with E-state index in [0.717, 1.165) is 11.4 Å². The Labute approximate surface area is 178 Å². The number of benzene rings is 1. The summed E-state index contributed by atoms with van der Waals surface area (Å²) in [5.41, 5.74) is 1.31. The van der Waals surface area contributed by atoms with Gasteiger partial charge in [0.05, 0.1) is 6.54 Å². The highest BCUT2D eigenvalue weighted by Gasteiger charge is 2.29. The Balaban J connectivity index is 1.38. The molecule has 0 unspecified atom stereocenters. The predicted octanol–water partition coefficient (Wildman–Crippen LogP) is 3.11. The molecule has 4 rings (SSSR count). The lowest BCUT2D eigenvalue weighted by Gasteiger charge is -2.33. The summed E-state index contributed by atoms with van der Waals surface area (Å²) in [4.78, 5) is 14.2. The van der Waals surface area contributed by atoms with Crippen LogP contribution in [-0.2, 0) is 27.9 Å². The molecule has 0 aliphatic carbocycles. The van der Waals surface area contributed by atoms with E-state index in [1.54, 1.807) is 27.8 Å². The van der Waals surface area contributed by atoms with E-state index >= 15 is 0 Å². The van der Waals surface area contributed by atoms with E-state index in [-0.39, 0.29) is 5.91 Å². The number of rotatable bonds is 6. The van der Waals surface area contributed by atoms with Gasteiger partial charge in [-0.3, -0.25) is 9.69 Å². The molecule has 29 heavy (non-hydrogen) atoms. The van der Waals surface area contributed by atoms with Crippen molar-refractivity contribution >= 4 is 48.7 Å². The first-order valence-corrected chi connectivity index (χ1v) is 12.6. The lowest BCUT2D eigenvalue weighted by atomic mass is 10.1. The summed E-state index contributed by atoms with van der Waals surface area (Å²) in [6, 6.07) is 11.8. The summed E-state index contributed by atoms with van der Waals surface area (Å²) >= 11 is 2.98. The molecular formula is C20H23N3O3S3. The summed E-state index contributed by atoms with van der Waals surface area (Å²) in [5, 5.41) is 6.20. The molecule has 1 aromatic carbocycles. The van der Waals surface area contributed by atoms with E-state index in [1.165, 1.54) is 33.9 Å². The molecule has 1 N–H and O–H groups in total. The molecule has 9 heteroatoms. The maximum absolute atomic E-state index is 13.0. The Morgan fingerprint density at radius 1 is 1.10 bits per heavy atom. The van der Waals surface area contributed by atoms with Gasteiger partial charge in [0, 0.05) is 49.2 Å². The second-order valence-electron chi connectivity index (χ2n) is 7.07. The van der Waals surface area contributed by atoms with Crippen molar-refractivity contribution in [1.82, 2.24) is 14.5 Å². The summed E-state index contributed by atoms with van der Waals surface area (Å²) in [6.45, 7) is 5.06. The Bertz CT molecular complexity index is 1110. The maximum atomic E-state index is 13.0. The zero-order valence-corrected chi connectivity index (χ0v) is 18.6. The van der Waals surface area contributed by atoms with Crippen LogP contribution in [0.15, 0.2) is 46.0 Å². The fourth-order valence-corrected chi connectivity index (χ4v) is 7.28. The number of nitrogens with zero attached hydrogens (tertiary/aromatic N) is 2. The maximum Gasteiger partial charge on any atom is 0.252 e. The standard InChI is InChI=1S/C20H23N3O3S3/c1-15(24)21-12-17-6-7-20(28-17)29(25,26)23-10-8-22(9-11-23)13-16-14-27-19-5-3-2-4-18(16)19/h2-7,14H,8-13H2,1H3,(H,21,24). The van der Waals surface area contributed by atoms with Crippen molar-refractivity contribution in [2.75, 3.05) is 26.2 Å². The molecule has 3 aromatic rings. The van der Waals surface area contributed by atoms with Crippen LogP contribution >= 0.6 is 22.7 Å². The highest BCUT2D eigenvalue weighted by molar-refractivity contribution is 7.91. The lowest BCUT2D eigenvalue weighted by molar-refractivity contribution is -0.119. The summed E-state index contributed by atoms with van der Waals surface area (Å²) < 4.78 is 29.1. The minimum Gasteiger partial charge on any atom is -0.351 e. The van der Waals surface area contributed by atoms with E-state index in [2.05, 4.69) is 39.9 Å². The van der Waals surface area contributed by atoms with Gasteiger partial charge in [-0.05, 0) is 34.5 Å². The number of carbonyl (C=O) groups is 1. The molecule has 0 spiro atoms. The lowest BCUT2D eigenvalue weighted by Crippen LogP contribution is -2.48. The van der Waals surface area contributed by atoms with Gasteiger partial charge in [-0.15, -0.1) is 22.7 Å². The van der Waals surface area contributed by atoms with E-state index in [1.807, 2.05) is 0 Å². The molecule has 0 bridgehead atoms. The molecule has 1 fully saturated rings. The highest BCUT2D eigenvalue weighted by atomic mass is 32.2. The minimum absolute atomic E-state index is 0.127. The zero-order chi connectivity index (χ0) is 20.4. The first-order valence-electron chi connectivity index (χ1n) is 9.44. The molecule has 2 aromatic heterocycles. The average molecular weight is 450 g/mol. The molecule has 1 amide bonds. The van der Waals surface area contributed by atoms with Gasteiger partial charge in [0.25, 0.3) is 10.0 Å². The first kappa shape index (κ1) is 20.5. The summed E-state index contributed by atoms with van der Waals surface area (Å²) in [6.07, 6.45) is 0. The Kier molecular flexibility index (Phi) is 6.03. The van der Waals surface area contributed by atoms with Crippen LogP contribution in [0.25, 0.3) is 10.1 Å². The molecule has 0 atom stereocenters. The van der Waals surface area contributed by atoms with Crippen molar-refractivity contribution < 1.29 is 13.2 Å². The molecular weight excluding hydrogens is 426 g/mol. The van der Waals surface area contributed by atoms with Gasteiger partial charge in [-0.2, -0.15) is 4.31 Å². The van der Waals surface area contributed by atoms with Crippen molar-refractivity contribution in [3.8, 4) is 0 Å². The van der Waals surface area contributed by atoms with Crippen LogP contribution in [0.4, 0.5) is 0 Å². The van der Waals surface area contributed by atoms with Crippen LogP contribution in [0, 0.1) is 0 Å². The second kappa shape index (κ2) is 8.53. The van der Waals surface area contributed by atoms with Crippen molar-refractivity contribution in [2.45, 2.75) is 24.2 Å². The second-order valence-corrected chi connectivity index (χ2v) is 11.3. The number of sulfonamides is 1. The minimum atomic E-state index is -3.49. The van der Waals surface area contributed by atoms with Crippen LogP contribution in [0.2, 0.25) is 0 Å². The highest BCUT2D eigenvalue weighted by Crippen LogP contribution is 2.28. The molecule has 0 radical (unpaired) electrons. The van der Waals surface area contributed by atoms with E-state index < -0.39 is 10.0 Å². The van der Waals surface area contributed by atoms with Crippen LogP contribution in [0.1, 0.15) is 17.4 Å². The van der Waals surface area contributed by atoms with Crippen molar-refractivity contribution in [1.29, 1.82) is 0 Å². The van der Waals surface area contributed by atoms with Crippen LogP contribution in [0.5, 0.6) is 0 Å². The molecule has 1 aliphatic heterocycles.